The van der Waals surface area contributed by atoms with Crippen molar-refractivity contribution in [2.75, 3.05) is 0 Å². The van der Waals surface area contributed by atoms with E-state index in [1.54, 1.807) is 0 Å². The molecule has 0 radical (unpaired) electrons. The van der Waals surface area contributed by atoms with Gasteiger partial charge in [-0.2, -0.15) is 5.26 Å². The molecule has 0 spiro atoms. The summed E-state index contributed by atoms with van der Waals surface area (Å²) < 4.78 is 0. The van der Waals surface area contributed by atoms with Crippen molar-refractivity contribution in [1.29, 1.82) is 5.26 Å². The molecule has 1 nitrogen and oxygen atoms in total. The molecular formula is C12H11N. The number of hydrogen-bond acceptors (Lipinski definition) is 1. The monoisotopic (exact) mass is 169 g/mol. The summed E-state index contributed by atoms with van der Waals surface area (Å²) in [4.78, 5) is 0. The lowest BCUT2D eigenvalue weighted by Gasteiger charge is -2.16. The van der Waals surface area contributed by atoms with Gasteiger partial charge in [0.05, 0.1) is 11.6 Å². The van der Waals surface area contributed by atoms with Crippen LogP contribution in [0, 0.1) is 11.3 Å². The van der Waals surface area contributed by atoms with Crippen LogP contribution in [0.1, 0.15) is 25.0 Å². The molecule has 64 valence electrons. The van der Waals surface area contributed by atoms with Gasteiger partial charge in [0.1, 0.15) is 0 Å². The minimum absolute atomic E-state index is 0.0155. The van der Waals surface area contributed by atoms with Gasteiger partial charge in [-0.3, -0.25) is 0 Å². The van der Waals surface area contributed by atoms with Crippen LogP contribution < -0.4 is 0 Å². The first-order chi connectivity index (χ1) is 6.15. The summed E-state index contributed by atoms with van der Waals surface area (Å²) in [7, 11) is 0. The van der Waals surface area contributed by atoms with E-state index < -0.39 is 0 Å². The van der Waals surface area contributed by atoms with Crippen LogP contribution in [0.25, 0.3) is 5.57 Å². The molecule has 13 heavy (non-hydrogen) atoms. The largest absolute Gasteiger partial charge is 0.192 e. The number of benzene rings is 1. The van der Waals surface area contributed by atoms with Crippen LogP contribution >= 0.6 is 0 Å². The highest BCUT2D eigenvalue weighted by Gasteiger charge is 2.28. The molecule has 0 bridgehead atoms. The van der Waals surface area contributed by atoms with Crippen molar-refractivity contribution in [3.05, 3.63) is 41.5 Å². The van der Waals surface area contributed by atoms with Crippen LogP contribution in [-0.4, -0.2) is 0 Å². The Labute approximate surface area is 78.3 Å². The molecule has 0 fully saturated rings. The SMILES string of the molecule is CC1(C)C=C(C#N)c2ccccc21. The highest BCUT2D eigenvalue weighted by molar-refractivity contribution is 5.84. The van der Waals surface area contributed by atoms with Crippen molar-refractivity contribution in [2.45, 2.75) is 19.3 Å². The zero-order chi connectivity index (χ0) is 9.47. The third-order valence-electron chi connectivity index (χ3n) is 2.54. The van der Waals surface area contributed by atoms with E-state index in [0.717, 1.165) is 11.1 Å². The molecule has 0 heterocycles. The summed E-state index contributed by atoms with van der Waals surface area (Å²) in [6.45, 7) is 4.27. The highest BCUT2D eigenvalue weighted by atomic mass is 14.3. The van der Waals surface area contributed by atoms with Crippen molar-refractivity contribution in [1.82, 2.24) is 0 Å². The van der Waals surface area contributed by atoms with Gasteiger partial charge in [0, 0.05) is 5.41 Å². The third-order valence-corrected chi connectivity index (χ3v) is 2.54. The summed E-state index contributed by atoms with van der Waals surface area (Å²) in [5.41, 5.74) is 3.17. The van der Waals surface area contributed by atoms with Crippen LogP contribution in [0.3, 0.4) is 0 Å². The Bertz CT molecular complexity index is 419. The standard InChI is InChI=1S/C12H11N/c1-12(2)7-9(8-13)10-5-3-4-6-11(10)12/h3-7H,1-2H3. The molecule has 0 saturated heterocycles. The van der Waals surface area contributed by atoms with E-state index in [0.29, 0.717) is 0 Å². The van der Waals surface area contributed by atoms with Gasteiger partial charge in [0.15, 0.2) is 0 Å². The summed E-state index contributed by atoms with van der Waals surface area (Å²) in [6.07, 6.45) is 2.04. The number of fused-ring (bicyclic) bond motifs is 1. The Hall–Kier alpha value is -1.55. The number of nitriles is 1. The fourth-order valence-electron chi connectivity index (χ4n) is 1.89. The lowest BCUT2D eigenvalue weighted by molar-refractivity contribution is 0.683. The molecule has 0 atom stereocenters. The lowest BCUT2D eigenvalue weighted by atomic mass is 9.87. The number of hydrogen-bond donors (Lipinski definition) is 0. The second-order valence-electron chi connectivity index (χ2n) is 3.94. The van der Waals surface area contributed by atoms with Crippen LogP contribution in [0.5, 0.6) is 0 Å². The van der Waals surface area contributed by atoms with Gasteiger partial charge in [-0.1, -0.05) is 44.2 Å². The fraction of sp³-hybridized carbons (Fsp3) is 0.250. The Kier molecular flexibility index (Phi) is 1.53. The van der Waals surface area contributed by atoms with Crippen molar-refractivity contribution in [2.24, 2.45) is 0 Å². The summed E-state index contributed by atoms with van der Waals surface area (Å²) in [6, 6.07) is 10.3. The Morgan fingerprint density at radius 3 is 2.62 bits per heavy atom. The van der Waals surface area contributed by atoms with Crippen LogP contribution in [0.15, 0.2) is 30.3 Å². The molecule has 0 aromatic heterocycles. The van der Waals surface area contributed by atoms with Gasteiger partial charge < -0.3 is 0 Å². The van der Waals surface area contributed by atoms with Crippen LogP contribution in [0.4, 0.5) is 0 Å². The van der Waals surface area contributed by atoms with E-state index in [4.69, 9.17) is 5.26 Å². The minimum Gasteiger partial charge on any atom is -0.192 e. The molecular weight excluding hydrogens is 158 g/mol. The Balaban J connectivity index is 2.70. The smallest absolute Gasteiger partial charge is 0.0995 e. The maximum Gasteiger partial charge on any atom is 0.0995 e. The molecule has 0 saturated carbocycles. The molecule has 0 N–H and O–H groups in total. The molecule has 1 aliphatic rings. The zero-order valence-corrected chi connectivity index (χ0v) is 7.83. The molecule has 1 heteroatoms. The van der Waals surface area contributed by atoms with Gasteiger partial charge in [0.2, 0.25) is 0 Å². The maximum absolute atomic E-state index is 8.93. The second kappa shape index (κ2) is 2.47. The Morgan fingerprint density at radius 1 is 1.23 bits per heavy atom. The van der Waals surface area contributed by atoms with E-state index in [1.165, 1.54) is 5.56 Å². The normalized spacial score (nSPS) is 17.5. The third kappa shape index (κ3) is 1.07. The minimum atomic E-state index is 0.0155. The second-order valence-corrected chi connectivity index (χ2v) is 3.94. The maximum atomic E-state index is 8.93. The van der Waals surface area contributed by atoms with E-state index in [9.17, 15) is 0 Å². The lowest BCUT2D eigenvalue weighted by Crippen LogP contribution is -2.10. The van der Waals surface area contributed by atoms with Gasteiger partial charge in [-0.25, -0.2) is 0 Å². The summed E-state index contributed by atoms with van der Waals surface area (Å²) in [5, 5.41) is 8.93. The van der Waals surface area contributed by atoms with Crippen molar-refractivity contribution in [3.63, 3.8) is 0 Å². The summed E-state index contributed by atoms with van der Waals surface area (Å²) in [5.74, 6) is 0. The van der Waals surface area contributed by atoms with Crippen molar-refractivity contribution in [3.8, 4) is 6.07 Å². The number of allylic oxidation sites excluding steroid dienone is 2. The average molecular weight is 169 g/mol. The van der Waals surface area contributed by atoms with Crippen molar-refractivity contribution >= 4 is 5.57 Å². The fourth-order valence-corrected chi connectivity index (χ4v) is 1.89. The molecule has 1 aromatic carbocycles. The van der Waals surface area contributed by atoms with E-state index in [2.05, 4.69) is 26.0 Å². The Morgan fingerprint density at radius 2 is 1.92 bits per heavy atom. The molecule has 1 aromatic rings. The van der Waals surface area contributed by atoms with E-state index >= 15 is 0 Å². The van der Waals surface area contributed by atoms with Gasteiger partial charge in [-0.15, -0.1) is 0 Å². The van der Waals surface area contributed by atoms with E-state index in [1.807, 2.05) is 24.3 Å². The number of rotatable bonds is 0. The molecule has 2 rings (SSSR count). The molecule has 0 aliphatic heterocycles. The van der Waals surface area contributed by atoms with Gasteiger partial charge in [0.25, 0.3) is 0 Å². The first-order valence-electron chi connectivity index (χ1n) is 4.38. The number of nitrogens with zero attached hydrogens (tertiary/aromatic N) is 1. The predicted octanol–water partition coefficient (Wildman–Crippen LogP) is 2.88. The van der Waals surface area contributed by atoms with Gasteiger partial charge in [-0.05, 0) is 11.1 Å². The highest BCUT2D eigenvalue weighted by Crippen LogP contribution is 2.39. The quantitative estimate of drug-likeness (QED) is 0.585. The average Bonchev–Trinajstić information content (AvgIpc) is 2.39. The van der Waals surface area contributed by atoms with Crippen molar-refractivity contribution < 1.29 is 0 Å². The first-order valence-corrected chi connectivity index (χ1v) is 4.38. The topological polar surface area (TPSA) is 23.8 Å². The predicted molar refractivity (Wildman–Crippen MR) is 53.1 cm³/mol. The van der Waals surface area contributed by atoms with Crippen LogP contribution in [-0.2, 0) is 5.41 Å². The molecule has 0 unspecified atom stereocenters. The van der Waals surface area contributed by atoms with Crippen LogP contribution in [0.2, 0.25) is 0 Å². The zero-order valence-electron chi connectivity index (χ0n) is 7.83. The molecule has 0 amide bonds. The van der Waals surface area contributed by atoms with Gasteiger partial charge >= 0.3 is 0 Å². The summed E-state index contributed by atoms with van der Waals surface area (Å²) >= 11 is 0. The molecule has 1 aliphatic carbocycles. The van der Waals surface area contributed by atoms with E-state index in [-0.39, 0.29) is 5.41 Å². The first kappa shape index (κ1) is 8.07.